The Bertz CT molecular complexity index is 748. The van der Waals surface area contributed by atoms with Gasteiger partial charge in [0.05, 0.1) is 0 Å². The summed E-state index contributed by atoms with van der Waals surface area (Å²) in [6.45, 7) is 0. The molecule has 0 atom stereocenters. The van der Waals surface area contributed by atoms with Crippen LogP contribution in [0.3, 0.4) is 0 Å². The zero-order chi connectivity index (χ0) is 12.4. The van der Waals surface area contributed by atoms with E-state index in [-0.39, 0.29) is 0 Å². The van der Waals surface area contributed by atoms with Gasteiger partial charge in [-0.3, -0.25) is 4.40 Å². The molecule has 0 N–H and O–H groups in total. The van der Waals surface area contributed by atoms with Crippen LogP contribution in [0.25, 0.3) is 5.65 Å². The molecule has 2 nitrogen and oxygen atoms in total. The molecule has 0 fully saturated rings. The Morgan fingerprint density at radius 3 is 2.50 bits per heavy atom. The molecule has 0 aliphatic carbocycles. The molecule has 18 heavy (non-hydrogen) atoms. The molecule has 3 heteroatoms. The van der Waals surface area contributed by atoms with E-state index in [9.17, 15) is 0 Å². The summed E-state index contributed by atoms with van der Waals surface area (Å²) < 4.78 is 2.86. The molecule has 2 heterocycles. The minimum Gasteiger partial charge on any atom is -0.293 e. The van der Waals surface area contributed by atoms with Crippen molar-refractivity contribution in [1.82, 2.24) is 9.38 Å². The summed E-state index contributed by atoms with van der Waals surface area (Å²) in [5.41, 5.74) is 2.63. The molecular formula is C15H9BrN2. The largest absolute Gasteiger partial charge is 0.293 e. The molecule has 0 spiro atoms. The highest BCUT2D eigenvalue weighted by molar-refractivity contribution is 9.10. The number of fused-ring (bicyclic) bond motifs is 1. The molecule has 1 aromatic carbocycles. The van der Waals surface area contributed by atoms with Crippen molar-refractivity contribution in [3.63, 3.8) is 0 Å². The summed E-state index contributed by atoms with van der Waals surface area (Å²) in [6.07, 6.45) is 1.96. The SMILES string of the molecule is Brc1c(C#Cc2ccccc2)nc2ccccn12. The van der Waals surface area contributed by atoms with E-state index in [0.29, 0.717) is 0 Å². The summed E-state index contributed by atoms with van der Waals surface area (Å²) in [5, 5.41) is 0. The van der Waals surface area contributed by atoms with Crippen molar-refractivity contribution in [2.24, 2.45) is 0 Å². The minimum atomic E-state index is 0.755. The van der Waals surface area contributed by atoms with Crippen LogP contribution in [0.1, 0.15) is 11.3 Å². The number of pyridine rings is 1. The van der Waals surface area contributed by atoms with Crippen molar-refractivity contribution in [1.29, 1.82) is 0 Å². The van der Waals surface area contributed by atoms with Crippen LogP contribution in [0.15, 0.2) is 59.3 Å². The second-order valence-electron chi connectivity index (χ2n) is 3.80. The predicted molar refractivity (Wildman–Crippen MR) is 75.3 cm³/mol. The van der Waals surface area contributed by atoms with Gasteiger partial charge in [0.15, 0.2) is 0 Å². The van der Waals surface area contributed by atoms with Crippen LogP contribution in [0.4, 0.5) is 0 Å². The van der Waals surface area contributed by atoms with Gasteiger partial charge in [-0.05, 0) is 46.1 Å². The van der Waals surface area contributed by atoms with Crippen LogP contribution in [0.5, 0.6) is 0 Å². The molecule has 0 radical (unpaired) electrons. The lowest BCUT2D eigenvalue weighted by molar-refractivity contribution is 1.15. The van der Waals surface area contributed by atoms with Crippen LogP contribution in [-0.2, 0) is 0 Å². The normalized spacial score (nSPS) is 10.1. The Morgan fingerprint density at radius 2 is 1.72 bits per heavy atom. The van der Waals surface area contributed by atoms with Crippen molar-refractivity contribution in [2.75, 3.05) is 0 Å². The Kier molecular flexibility index (Phi) is 2.87. The maximum Gasteiger partial charge on any atom is 0.147 e. The van der Waals surface area contributed by atoms with E-state index in [1.54, 1.807) is 0 Å². The number of hydrogen-bond donors (Lipinski definition) is 0. The first kappa shape index (κ1) is 11.1. The second-order valence-corrected chi connectivity index (χ2v) is 4.55. The summed E-state index contributed by atoms with van der Waals surface area (Å²) in [5.74, 6) is 6.20. The fraction of sp³-hybridized carbons (Fsp3) is 0. The molecule has 0 bridgehead atoms. The van der Waals surface area contributed by atoms with Crippen molar-refractivity contribution >= 4 is 21.6 Å². The molecular weight excluding hydrogens is 288 g/mol. The number of aromatic nitrogens is 2. The van der Waals surface area contributed by atoms with Crippen molar-refractivity contribution < 1.29 is 0 Å². The fourth-order valence-corrected chi connectivity index (χ4v) is 2.19. The Morgan fingerprint density at radius 1 is 0.944 bits per heavy atom. The highest BCUT2D eigenvalue weighted by atomic mass is 79.9. The maximum atomic E-state index is 4.47. The Hall–Kier alpha value is -2.05. The molecule has 3 aromatic rings. The van der Waals surface area contributed by atoms with E-state index < -0.39 is 0 Å². The van der Waals surface area contributed by atoms with E-state index in [2.05, 4.69) is 32.8 Å². The third-order valence-electron chi connectivity index (χ3n) is 2.57. The first-order chi connectivity index (χ1) is 8.84. The van der Waals surface area contributed by atoms with Crippen LogP contribution >= 0.6 is 15.9 Å². The van der Waals surface area contributed by atoms with E-state index in [1.807, 2.05) is 59.1 Å². The Labute approximate surface area is 113 Å². The number of benzene rings is 1. The lowest BCUT2D eigenvalue weighted by Gasteiger charge is -1.91. The zero-order valence-corrected chi connectivity index (χ0v) is 11.1. The molecule has 3 rings (SSSR count). The van der Waals surface area contributed by atoms with Crippen LogP contribution in [0, 0.1) is 11.8 Å². The molecule has 0 amide bonds. The smallest absolute Gasteiger partial charge is 0.147 e. The molecule has 0 saturated carbocycles. The summed E-state index contributed by atoms with van der Waals surface area (Å²) in [4.78, 5) is 4.47. The third-order valence-corrected chi connectivity index (χ3v) is 3.33. The van der Waals surface area contributed by atoms with E-state index in [0.717, 1.165) is 21.5 Å². The standard InChI is InChI=1S/C15H9BrN2/c16-15-13(10-9-12-6-2-1-3-7-12)17-14-8-4-5-11-18(14)15/h1-8,11H. The molecule has 2 aromatic heterocycles. The highest BCUT2D eigenvalue weighted by Crippen LogP contribution is 2.17. The summed E-state index contributed by atoms with van der Waals surface area (Å²) in [6, 6.07) is 15.8. The number of nitrogens with zero attached hydrogens (tertiary/aromatic N) is 2. The van der Waals surface area contributed by atoms with Gasteiger partial charge in [-0.15, -0.1) is 0 Å². The molecule has 0 saturated heterocycles. The number of imidazole rings is 1. The van der Waals surface area contributed by atoms with Gasteiger partial charge >= 0.3 is 0 Å². The number of rotatable bonds is 0. The monoisotopic (exact) mass is 296 g/mol. The van der Waals surface area contributed by atoms with Gasteiger partial charge in [0.25, 0.3) is 0 Å². The third kappa shape index (κ3) is 2.03. The van der Waals surface area contributed by atoms with Gasteiger partial charge < -0.3 is 0 Å². The quantitative estimate of drug-likeness (QED) is 0.581. The average molecular weight is 297 g/mol. The van der Waals surface area contributed by atoms with Gasteiger partial charge in [0.1, 0.15) is 15.9 Å². The van der Waals surface area contributed by atoms with Gasteiger partial charge in [-0.1, -0.05) is 30.2 Å². The lowest BCUT2D eigenvalue weighted by Crippen LogP contribution is -1.81. The summed E-state index contributed by atoms with van der Waals surface area (Å²) >= 11 is 3.52. The molecule has 0 aliphatic heterocycles. The van der Waals surface area contributed by atoms with Crippen LogP contribution in [-0.4, -0.2) is 9.38 Å². The van der Waals surface area contributed by atoms with E-state index in [1.165, 1.54) is 0 Å². The maximum absolute atomic E-state index is 4.47. The number of hydrogen-bond acceptors (Lipinski definition) is 1. The van der Waals surface area contributed by atoms with Crippen LogP contribution < -0.4 is 0 Å². The van der Waals surface area contributed by atoms with E-state index >= 15 is 0 Å². The van der Waals surface area contributed by atoms with Gasteiger partial charge in [-0.25, -0.2) is 4.98 Å². The predicted octanol–water partition coefficient (Wildman–Crippen LogP) is 3.50. The number of halogens is 1. The van der Waals surface area contributed by atoms with Crippen LogP contribution in [0.2, 0.25) is 0 Å². The first-order valence-electron chi connectivity index (χ1n) is 5.54. The van der Waals surface area contributed by atoms with E-state index in [4.69, 9.17) is 0 Å². The van der Waals surface area contributed by atoms with Gasteiger partial charge in [0, 0.05) is 11.8 Å². The zero-order valence-electron chi connectivity index (χ0n) is 9.47. The molecule has 0 unspecified atom stereocenters. The molecule has 0 aliphatic rings. The second kappa shape index (κ2) is 4.67. The van der Waals surface area contributed by atoms with Crippen molar-refractivity contribution in [2.45, 2.75) is 0 Å². The highest BCUT2D eigenvalue weighted by Gasteiger charge is 2.05. The van der Waals surface area contributed by atoms with Gasteiger partial charge in [0.2, 0.25) is 0 Å². The average Bonchev–Trinajstić information content (AvgIpc) is 2.75. The Balaban J connectivity index is 2.06. The lowest BCUT2D eigenvalue weighted by atomic mass is 10.2. The van der Waals surface area contributed by atoms with Crippen molar-refractivity contribution in [3.8, 4) is 11.8 Å². The molecule has 86 valence electrons. The summed E-state index contributed by atoms with van der Waals surface area (Å²) in [7, 11) is 0. The topological polar surface area (TPSA) is 17.3 Å². The van der Waals surface area contributed by atoms with Gasteiger partial charge in [-0.2, -0.15) is 0 Å². The van der Waals surface area contributed by atoms with Crippen molar-refractivity contribution in [3.05, 3.63) is 70.6 Å². The minimum absolute atomic E-state index is 0.755. The fourth-order valence-electron chi connectivity index (χ4n) is 1.70. The first-order valence-corrected chi connectivity index (χ1v) is 6.33.